The molecule has 0 spiro atoms. The van der Waals surface area contributed by atoms with Crippen LogP contribution in [0.4, 0.5) is 0 Å². The van der Waals surface area contributed by atoms with Crippen LogP contribution in [0.3, 0.4) is 0 Å². The number of ether oxygens (including phenoxy) is 2. The zero-order valence-corrected chi connectivity index (χ0v) is 14.8. The van der Waals surface area contributed by atoms with Crippen LogP contribution in [0.15, 0.2) is 63.1 Å². The molecule has 3 aromatic rings. The fraction of sp³-hybridized carbons (Fsp3) is 0.143. The van der Waals surface area contributed by atoms with Crippen molar-refractivity contribution < 1.29 is 13.9 Å². The van der Waals surface area contributed by atoms with Gasteiger partial charge in [0.15, 0.2) is 0 Å². The molecule has 0 radical (unpaired) electrons. The highest BCUT2D eigenvalue weighted by molar-refractivity contribution is 5.89. The van der Waals surface area contributed by atoms with E-state index in [1.807, 2.05) is 36.4 Å². The summed E-state index contributed by atoms with van der Waals surface area (Å²) in [6.45, 7) is 1.65. The Kier molecular flexibility index (Phi) is 3.85. The van der Waals surface area contributed by atoms with Crippen molar-refractivity contribution in [3.63, 3.8) is 0 Å². The molecule has 0 fully saturated rings. The second kappa shape index (κ2) is 6.22. The lowest BCUT2D eigenvalue weighted by molar-refractivity contribution is 0.368. The lowest BCUT2D eigenvalue weighted by Gasteiger charge is -2.27. The van der Waals surface area contributed by atoms with Crippen LogP contribution in [-0.4, -0.2) is 7.11 Å². The molecule has 1 aliphatic rings. The monoisotopic (exact) mass is 360 g/mol. The van der Waals surface area contributed by atoms with Gasteiger partial charge >= 0.3 is 5.63 Å². The Labute approximate surface area is 155 Å². The normalized spacial score (nSPS) is 15.8. The van der Waals surface area contributed by atoms with Crippen molar-refractivity contribution in [2.24, 2.45) is 5.73 Å². The summed E-state index contributed by atoms with van der Waals surface area (Å²) in [6, 6.07) is 15.1. The first-order chi connectivity index (χ1) is 13.0. The Balaban J connectivity index is 2.15. The molecule has 0 saturated heterocycles. The first-order valence-electron chi connectivity index (χ1n) is 8.33. The Morgan fingerprint density at radius 1 is 1.19 bits per heavy atom. The molecule has 0 unspecified atom stereocenters. The molecular formula is C21H16N2O4. The first kappa shape index (κ1) is 16.7. The topological polar surface area (TPSA) is 98.5 Å². The minimum atomic E-state index is -0.753. The molecule has 6 heteroatoms. The van der Waals surface area contributed by atoms with Gasteiger partial charge in [-0.3, -0.25) is 0 Å². The summed E-state index contributed by atoms with van der Waals surface area (Å²) in [7, 11) is 1.55. The lowest BCUT2D eigenvalue weighted by Crippen LogP contribution is -2.26. The first-order valence-corrected chi connectivity index (χ1v) is 8.33. The molecule has 0 amide bonds. The maximum atomic E-state index is 12.7. The van der Waals surface area contributed by atoms with Crippen molar-refractivity contribution in [1.82, 2.24) is 0 Å². The quantitative estimate of drug-likeness (QED) is 0.753. The van der Waals surface area contributed by atoms with E-state index in [4.69, 9.17) is 19.6 Å². The van der Waals surface area contributed by atoms with Gasteiger partial charge in [0.05, 0.1) is 18.6 Å². The van der Waals surface area contributed by atoms with Crippen LogP contribution in [0.25, 0.3) is 10.8 Å². The molecule has 0 saturated carbocycles. The van der Waals surface area contributed by atoms with Gasteiger partial charge < -0.3 is 19.6 Å². The van der Waals surface area contributed by atoms with Gasteiger partial charge in [-0.25, -0.2) is 4.79 Å². The van der Waals surface area contributed by atoms with E-state index in [2.05, 4.69) is 6.07 Å². The summed E-state index contributed by atoms with van der Waals surface area (Å²) in [5.41, 5.74) is 6.52. The predicted molar refractivity (Wildman–Crippen MR) is 99.5 cm³/mol. The van der Waals surface area contributed by atoms with Gasteiger partial charge in [0.1, 0.15) is 28.9 Å². The van der Waals surface area contributed by atoms with E-state index in [1.165, 1.54) is 0 Å². The van der Waals surface area contributed by atoms with E-state index in [-0.39, 0.29) is 17.0 Å². The zero-order chi connectivity index (χ0) is 19.1. The number of fused-ring (bicyclic) bond motifs is 2. The minimum Gasteiger partial charge on any atom is -0.496 e. The Hall–Kier alpha value is -3.72. The van der Waals surface area contributed by atoms with Crippen molar-refractivity contribution in [3.05, 3.63) is 81.2 Å². The summed E-state index contributed by atoms with van der Waals surface area (Å²) < 4.78 is 16.4. The van der Waals surface area contributed by atoms with Crippen LogP contribution in [0.5, 0.6) is 11.5 Å². The van der Waals surface area contributed by atoms with Crippen molar-refractivity contribution in [1.29, 1.82) is 5.26 Å². The highest BCUT2D eigenvalue weighted by Crippen LogP contribution is 2.46. The second-order valence-corrected chi connectivity index (χ2v) is 6.25. The third-order valence-electron chi connectivity index (χ3n) is 4.70. The van der Waals surface area contributed by atoms with E-state index in [1.54, 1.807) is 20.1 Å². The smallest absolute Gasteiger partial charge is 0.343 e. The Morgan fingerprint density at radius 2 is 1.96 bits per heavy atom. The van der Waals surface area contributed by atoms with Crippen molar-refractivity contribution in [3.8, 4) is 17.6 Å². The third-order valence-corrected chi connectivity index (χ3v) is 4.70. The molecule has 6 nitrogen and oxygen atoms in total. The average molecular weight is 360 g/mol. The lowest BCUT2D eigenvalue weighted by atomic mass is 9.81. The number of nitrogens with two attached hydrogens (primary N) is 1. The zero-order valence-electron chi connectivity index (χ0n) is 14.8. The molecule has 27 heavy (non-hydrogen) atoms. The summed E-state index contributed by atoms with van der Waals surface area (Å²) in [5, 5.41) is 11.6. The SMILES string of the molecule is COc1ccc2ccccc2c1[C@@H]1C(C#N)=C(N)Oc2cc(C)oc(=O)c21. The molecule has 134 valence electrons. The van der Waals surface area contributed by atoms with E-state index >= 15 is 0 Å². The van der Waals surface area contributed by atoms with Gasteiger partial charge in [0, 0.05) is 11.6 Å². The number of aryl methyl sites for hydroxylation is 1. The summed E-state index contributed by atoms with van der Waals surface area (Å²) >= 11 is 0. The minimum absolute atomic E-state index is 0.0324. The van der Waals surface area contributed by atoms with Gasteiger partial charge in [-0.1, -0.05) is 30.3 Å². The van der Waals surface area contributed by atoms with Crippen molar-refractivity contribution in [2.45, 2.75) is 12.8 Å². The highest BCUT2D eigenvalue weighted by Gasteiger charge is 2.36. The van der Waals surface area contributed by atoms with Crippen molar-refractivity contribution in [2.75, 3.05) is 7.11 Å². The molecule has 0 aliphatic carbocycles. The molecule has 2 aromatic carbocycles. The van der Waals surface area contributed by atoms with Gasteiger partial charge in [-0.15, -0.1) is 0 Å². The van der Waals surface area contributed by atoms with Gasteiger partial charge in [-0.05, 0) is 23.8 Å². The van der Waals surface area contributed by atoms with Gasteiger partial charge in [0.2, 0.25) is 5.88 Å². The number of hydrogen-bond acceptors (Lipinski definition) is 6. The van der Waals surface area contributed by atoms with Crippen LogP contribution in [-0.2, 0) is 0 Å². The fourth-order valence-corrected chi connectivity index (χ4v) is 3.56. The van der Waals surface area contributed by atoms with E-state index in [9.17, 15) is 10.1 Å². The number of nitriles is 1. The molecule has 1 aromatic heterocycles. The van der Waals surface area contributed by atoms with Gasteiger partial charge in [-0.2, -0.15) is 5.26 Å². The van der Waals surface area contributed by atoms with Crippen molar-refractivity contribution >= 4 is 10.8 Å². The van der Waals surface area contributed by atoms with E-state index in [0.717, 1.165) is 10.8 Å². The van der Waals surface area contributed by atoms with Crippen LogP contribution in [0.2, 0.25) is 0 Å². The van der Waals surface area contributed by atoms with Crippen LogP contribution < -0.4 is 20.8 Å². The fourth-order valence-electron chi connectivity index (χ4n) is 3.56. The molecule has 4 rings (SSSR count). The molecule has 1 aliphatic heterocycles. The second-order valence-electron chi connectivity index (χ2n) is 6.25. The Bertz CT molecular complexity index is 1200. The highest BCUT2D eigenvalue weighted by atomic mass is 16.5. The van der Waals surface area contributed by atoms with Gasteiger partial charge in [0.25, 0.3) is 0 Å². The number of hydrogen-bond donors (Lipinski definition) is 1. The maximum absolute atomic E-state index is 12.7. The largest absolute Gasteiger partial charge is 0.496 e. The molecule has 2 N–H and O–H groups in total. The predicted octanol–water partition coefficient (Wildman–Crippen LogP) is 3.33. The molecular weight excluding hydrogens is 344 g/mol. The molecule has 0 bridgehead atoms. The standard InChI is InChI=1S/C21H16N2O4/c1-11-9-16-19(21(24)26-11)18(14(10-22)20(23)27-16)17-13-6-4-3-5-12(13)7-8-15(17)25-2/h3-9,18H,23H2,1-2H3/t18-/m0/s1. The summed E-state index contributed by atoms with van der Waals surface area (Å²) in [4.78, 5) is 12.7. The van der Waals surface area contributed by atoms with E-state index in [0.29, 0.717) is 22.8 Å². The van der Waals surface area contributed by atoms with Crippen LogP contribution >= 0.6 is 0 Å². The Morgan fingerprint density at radius 3 is 2.70 bits per heavy atom. The summed E-state index contributed by atoms with van der Waals surface area (Å²) in [6.07, 6.45) is 0. The van der Waals surface area contributed by atoms with E-state index < -0.39 is 11.5 Å². The number of benzene rings is 2. The molecule has 2 heterocycles. The maximum Gasteiger partial charge on any atom is 0.343 e. The number of methoxy groups -OCH3 is 1. The number of allylic oxidation sites excluding steroid dienone is 1. The van der Waals surface area contributed by atoms with Crippen LogP contribution in [0.1, 0.15) is 22.8 Å². The third kappa shape index (κ3) is 2.52. The van der Waals surface area contributed by atoms with Crippen LogP contribution in [0, 0.1) is 18.3 Å². The number of rotatable bonds is 2. The molecule has 1 atom stereocenters. The number of nitrogens with zero attached hydrogens (tertiary/aromatic N) is 1. The summed E-state index contributed by atoms with van der Waals surface area (Å²) in [5.74, 6) is 0.453. The average Bonchev–Trinajstić information content (AvgIpc) is 2.65.